The number of piperidine rings is 1. The summed E-state index contributed by atoms with van der Waals surface area (Å²) >= 11 is 1.58. The van der Waals surface area contributed by atoms with E-state index in [1.54, 1.807) is 40.6 Å². The van der Waals surface area contributed by atoms with Crippen LogP contribution in [0.15, 0.2) is 56.9 Å². The summed E-state index contributed by atoms with van der Waals surface area (Å²) in [6.45, 7) is 4.02. The number of nitrogens with one attached hydrogen (secondary N) is 2. The molecule has 184 valence electrons. The van der Waals surface area contributed by atoms with Crippen molar-refractivity contribution in [3.05, 3.63) is 68.7 Å². The molecule has 0 radical (unpaired) electrons. The number of carbonyl (C=O) groups excluding carboxylic acids is 1. The Labute approximate surface area is 213 Å². The number of fused-ring (bicyclic) bond motifs is 1. The normalized spacial score (nSPS) is 19.9. The van der Waals surface area contributed by atoms with E-state index < -0.39 is 0 Å². The third-order valence-electron chi connectivity index (χ3n) is 7.14. The Morgan fingerprint density at radius 3 is 2.57 bits per heavy atom. The summed E-state index contributed by atoms with van der Waals surface area (Å²) in [7, 11) is 0. The smallest absolute Gasteiger partial charge is 0.252 e. The SMILES string of the molecule is Cl.O=C1CSc2ccc(CNC3CCN(CC4Cn5c(=O)ccc6ccc(=O)n4c65)CC3)cc2N1. The Hall–Kier alpha value is -2.59. The van der Waals surface area contributed by atoms with Crippen molar-refractivity contribution < 1.29 is 4.79 Å². The molecule has 1 fully saturated rings. The maximum absolute atomic E-state index is 12.6. The molecule has 1 aromatic carbocycles. The summed E-state index contributed by atoms with van der Waals surface area (Å²) in [6, 6.07) is 13.5. The number of halogens is 1. The predicted octanol–water partition coefficient (Wildman–Crippen LogP) is 2.44. The zero-order valence-corrected chi connectivity index (χ0v) is 20.9. The first kappa shape index (κ1) is 24.1. The van der Waals surface area contributed by atoms with Crippen LogP contribution in [0.4, 0.5) is 5.69 Å². The number of hydrogen-bond acceptors (Lipinski definition) is 6. The van der Waals surface area contributed by atoms with Crippen LogP contribution in [0.3, 0.4) is 0 Å². The largest absolute Gasteiger partial charge is 0.324 e. The monoisotopic (exact) mass is 513 g/mol. The molecule has 1 atom stereocenters. The van der Waals surface area contributed by atoms with Gasteiger partial charge in [-0.2, -0.15) is 0 Å². The van der Waals surface area contributed by atoms with Crippen LogP contribution in [-0.4, -0.2) is 51.4 Å². The highest BCUT2D eigenvalue weighted by Crippen LogP contribution is 2.32. The highest BCUT2D eigenvalue weighted by Gasteiger charge is 2.29. The van der Waals surface area contributed by atoms with Gasteiger partial charge in [0, 0.05) is 48.1 Å². The average molecular weight is 514 g/mol. The standard InChI is InChI=1S/C25H27N5O3S.ClH/c31-22-15-34-21-4-1-16(11-20(21)27-22)12-26-18-7-9-28(10-8-18)13-19-14-29-23(32)5-2-17-3-6-24(33)30(19)25(17)29;/h1-6,11,18-19,26H,7-10,12-15H2,(H,27,31);1H. The molecule has 2 N–H and O–H groups in total. The van der Waals surface area contributed by atoms with Crippen LogP contribution in [0.25, 0.3) is 11.0 Å². The van der Waals surface area contributed by atoms with Gasteiger partial charge in [0.2, 0.25) is 5.91 Å². The molecule has 3 aliphatic rings. The van der Waals surface area contributed by atoms with Gasteiger partial charge < -0.3 is 15.5 Å². The van der Waals surface area contributed by atoms with Crippen molar-refractivity contribution in [3.8, 4) is 0 Å². The van der Waals surface area contributed by atoms with Crippen molar-refractivity contribution in [1.29, 1.82) is 0 Å². The number of benzene rings is 1. The van der Waals surface area contributed by atoms with Gasteiger partial charge in [-0.25, -0.2) is 0 Å². The molecule has 0 spiro atoms. The number of thioether (sulfide) groups is 1. The molecule has 2 aromatic heterocycles. The summed E-state index contributed by atoms with van der Waals surface area (Å²) in [5, 5.41) is 7.57. The van der Waals surface area contributed by atoms with Crippen LogP contribution < -0.4 is 21.8 Å². The third kappa shape index (κ3) is 4.65. The number of pyridine rings is 2. The van der Waals surface area contributed by atoms with Gasteiger partial charge >= 0.3 is 0 Å². The molecule has 1 saturated heterocycles. The number of anilines is 1. The number of carbonyl (C=O) groups is 1. The molecule has 3 aliphatic heterocycles. The molecule has 0 aliphatic carbocycles. The highest BCUT2D eigenvalue weighted by molar-refractivity contribution is 8.00. The Kier molecular flexibility index (Phi) is 6.76. The van der Waals surface area contributed by atoms with E-state index in [1.807, 2.05) is 4.57 Å². The lowest BCUT2D eigenvalue weighted by Crippen LogP contribution is -2.44. The maximum Gasteiger partial charge on any atom is 0.252 e. The molecule has 35 heavy (non-hydrogen) atoms. The number of likely N-dealkylation sites (tertiary alicyclic amines) is 1. The minimum atomic E-state index is -0.0439. The van der Waals surface area contributed by atoms with Crippen molar-refractivity contribution in [2.75, 3.05) is 30.7 Å². The number of amides is 1. The Morgan fingerprint density at radius 1 is 1.00 bits per heavy atom. The molecular formula is C25H28ClN5O3S. The Balaban J connectivity index is 0.00000253. The second-order valence-corrected chi connectivity index (χ2v) is 10.4. The lowest BCUT2D eigenvalue weighted by molar-refractivity contribution is -0.113. The number of nitrogens with zero attached hydrogens (tertiary/aromatic N) is 3. The van der Waals surface area contributed by atoms with Crippen molar-refractivity contribution >= 4 is 46.8 Å². The summed E-state index contributed by atoms with van der Waals surface area (Å²) in [4.78, 5) is 40.2. The van der Waals surface area contributed by atoms with Gasteiger partial charge in [-0.15, -0.1) is 24.2 Å². The lowest BCUT2D eigenvalue weighted by atomic mass is 10.0. The zero-order chi connectivity index (χ0) is 23.2. The number of rotatable bonds is 5. The molecule has 6 rings (SSSR count). The second-order valence-electron chi connectivity index (χ2n) is 9.38. The average Bonchev–Trinajstić information content (AvgIpc) is 3.23. The summed E-state index contributed by atoms with van der Waals surface area (Å²) < 4.78 is 3.56. The van der Waals surface area contributed by atoms with Crippen molar-refractivity contribution in [1.82, 2.24) is 19.4 Å². The summed E-state index contributed by atoms with van der Waals surface area (Å²) in [5.74, 6) is 0.542. The van der Waals surface area contributed by atoms with Gasteiger partial charge in [0.25, 0.3) is 11.1 Å². The second kappa shape index (κ2) is 9.81. The van der Waals surface area contributed by atoms with E-state index in [4.69, 9.17) is 0 Å². The van der Waals surface area contributed by atoms with Gasteiger partial charge in [-0.1, -0.05) is 6.07 Å². The molecule has 8 nitrogen and oxygen atoms in total. The van der Waals surface area contributed by atoms with Gasteiger partial charge in [0.15, 0.2) is 0 Å². The van der Waals surface area contributed by atoms with E-state index in [9.17, 15) is 14.4 Å². The fraction of sp³-hybridized carbons (Fsp3) is 0.400. The highest BCUT2D eigenvalue weighted by atomic mass is 35.5. The van der Waals surface area contributed by atoms with Gasteiger partial charge in [0.1, 0.15) is 5.65 Å². The van der Waals surface area contributed by atoms with Crippen LogP contribution in [0.1, 0.15) is 24.4 Å². The maximum atomic E-state index is 12.6. The number of hydrogen-bond donors (Lipinski definition) is 2. The molecule has 0 bridgehead atoms. The van der Waals surface area contributed by atoms with Crippen LogP contribution in [0, 0.1) is 0 Å². The quantitative estimate of drug-likeness (QED) is 0.545. The fourth-order valence-electron chi connectivity index (χ4n) is 5.41. The van der Waals surface area contributed by atoms with E-state index >= 15 is 0 Å². The predicted molar refractivity (Wildman–Crippen MR) is 141 cm³/mol. The van der Waals surface area contributed by atoms with Crippen molar-refractivity contribution in [3.63, 3.8) is 0 Å². The van der Waals surface area contributed by atoms with Crippen molar-refractivity contribution in [2.24, 2.45) is 0 Å². The van der Waals surface area contributed by atoms with Gasteiger partial charge in [0.05, 0.1) is 17.5 Å². The van der Waals surface area contributed by atoms with E-state index in [0.29, 0.717) is 18.3 Å². The van der Waals surface area contributed by atoms with E-state index in [0.717, 1.165) is 60.6 Å². The summed E-state index contributed by atoms with van der Waals surface area (Å²) in [6.07, 6.45) is 2.08. The molecule has 1 amide bonds. The third-order valence-corrected chi connectivity index (χ3v) is 8.22. The molecule has 10 heteroatoms. The minimum absolute atomic E-state index is 0. The van der Waals surface area contributed by atoms with Crippen LogP contribution >= 0.6 is 24.2 Å². The van der Waals surface area contributed by atoms with E-state index in [2.05, 4.69) is 33.7 Å². The van der Waals surface area contributed by atoms with E-state index in [1.165, 1.54) is 5.56 Å². The molecule has 1 unspecified atom stereocenters. The first-order chi connectivity index (χ1) is 16.5. The Morgan fingerprint density at radius 2 is 1.77 bits per heavy atom. The molecule has 3 aromatic rings. The topological polar surface area (TPSA) is 88.4 Å². The number of aromatic nitrogens is 2. The van der Waals surface area contributed by atoms with Gasteiger partial charge in [-0.3, -0.25) is 23.5 Å². The fourth-order valence-corrected chi connectivity index (χ4v) is 6.20. The zero-order valence-electron chi connectivity index (χ0n) is 19.2. The summed E-state index contributed by atoms with van der Waals surface area (Å²) in [5.41, 5.74) is 2.76. The van der Waals surface area contributed by atoms with Crippen molar-refractivity contribution in [2.45, 2.75) is 42.9 Å². The minimum Gasteiger partial charge on any atom is -0.324 e. The molecule has 0 saturated carbocycles. The van der Waals surface area contributed by atoms with Crippen LogP contribution in [0.2, 0.25) is 0 Å². The lowest BCUT2D eigenvalue weighted by Gasteiger charge is -2.34. The van der Waals surface area contributed by atoms with Gasteiger partial charge in [-0.05, 0) is 55.8 Å². The van der Waals surface area contributed by atoms with Crippen LogP contribution in [0.5, 0.6) is 0 Å². The first-order valence-electron chi connectivity index (χ1n) is 11.8. The first-order valence-corrected chi connectivity index (χ1v) is 12.8. The van der Waals surface area contributed by atoms with E-state index in [-0.39, 0.29) is 35.5 Å². The molecular weight excluding hydrogens is 486 g/mol. The van der Waals surface area contributed by atoms with Crippen LogP contribution in [-0.2, 0) is 17.9 Å². The molecule has 5 heterocycles. The Bertz CT molecular complexity index is 1390.